The van der Waals surface area contributed by atoms with E-state index in [-0.39, 0.29) is 24.2 Å². The second-order valence-corrected chi connectivity index (χ2v) is 13.6. The number of carbonyl (C=O) groups is 3. The van der Waals surface area contributed by atoms with Crippen molar-refractivity contribution in [3.8, 4) is 22.5 Å². The van der Waals surface area contributed by atoms with Crippen LogP contribution >= 0.6 is 0 Å². The van der Waals surface area contributed by atoms with Gasteiger partial charge < -0.3 is 20.7 Å². The van der Waals surface area contributed by atoms with Crippen molar-refractivity contribution in [1.29, 1.82) is 0 Å². The van der Waals surface area contributed by atoms with Gasteiger partial charge in [-0.3, -0.25) is 14.5 Å². The molecule has 0 radical (unpaired) electrons. The van der Waals surface area contributed by atoms with E-state index in [1.807, 2.05) is 64.0 Å². The summed E-state index contributed by atoms with van der Waals surface area (Å²) in [5.74, 6) is 0.114. The van der Waals surface area contributed by atoms with E-state index < -0.39 is 23.6 Å². The lowest BCUT2D eigenvalue weighted by Gasteiger charge is -2.36. The van der Waals surface area contributed by atoms with Gasteiger partial charge in [0.2, 0.25) is 23.6 Å². The first-order chi connectivity index (χ1) is 23.4. The monoisotopic (exact) mass is 668 g/mol. The standard InChI is InChI=1S/C35H44N10O4/c1-35(2,3)49-34(48)39-19-22-9-11-25(12-10-22)32(47)45(28-15-13-24(14-16-28)31-40-42-43-41-31)29(30(36)46)18-23-7-6-8-26(17-23)27-20-37-33(38-21-27)44(4)5/h6-8,13-17,20-22,25,29H,9-12,18-19H2,1-5H3,(H2,36,46)(H,39,48)(H,40,41,42,43)/t22?,25?,29-/m0/s1. The van der Waals surface area contributed by atoms with Gasteiger partial charge >= 0.3 is 6.09 Å². The maximum absolute atomic E-state index is 14.4. The number of ether oxygens (including phenoxy) is 1. The molecule has 49 heavy (non-hydrogen) atoms. The van der Waals surface area contributed by atoms with Crippen LogP contribution in [-0.4, -0.2) is 80.8 Å². The van der Waals surface area contributed by atoms with Crippen LogP contribution in [0, 0.1) is 11.8 Å². The Bertz CT molecular complexity index is 1710. The van der Waals surface area contributed by atoms with Crippen LogP contribution in [-0.2, 0) is 20.7 Å². The molecule has 5 rings (SSSR count). The van der Waals surface area contributed by atoms with E-state index in [9.17, 15) is 14.4 Å². The van der Waals surface area contributed by atoms with E-state index in [1.165, 1.54) is 0 Å². The van der Waals surface area contributed by atoms with Crippen LogP contribution in [0.1, 0.15) is 52.0 Å². The highest BCUT2D eigenvalue weighted by Crippen LogP contribution is 2.33. The molecule has 258 valence electrons. The number of nitrogens with one attached hydrogen (secondary N) is 2. The molecule has 2 aromatic heterocycles. The smallest absolute Gasteiger partial charge is 0.407 e. The highest BCUT2D eigenvalue weighted by molar-refractivity contribution is 6.01. The summed E-state index contributed by atoms with van der Waals surface area (Å²) in [5, 5.41) is 17.0. The van der Waals surface area contributed by atoms with Crippen LogP contribution in [0.2, 0.25) is 0 Å². The number of carbonyl (C=O) groups excluding carboxylic acids is 3. The molecule has 14 nitrogen and oxygen atoms in total. The number of benzene rings is 2. The summed E-state index contributed by atoms with van der Waals surface area (Å²) >= 11 is 0. The van der Waals surface area contributed by atoms with Crippen LogP contribution < -0.4 is 20.9 Å². The number of aromatic amines is 1. The fraction of sp³-hybridized carbons (Fsp3) is 0.429. The van der Waals surface area contributed by atoms with Crippen molar-refractivity contribution in [2.24, 2.45) is 17.6 Å². The molecule has 14 heteroatoms. The zero-order valence-corrected chi connectivity index (χ0v) is 28.6. The highest BCUT2D eigenvalue weighted by Gasteiger charge is 2.36. The maximum atomic E-state index is 14.4. The Labute approximate surface area is 285 Å². The van der Waals surface area contributed by atoms with Crippen LogP contribution in [0.3, 0.4) is 0 Å². The molecular formula is C35H44N10O4. The fourth-order valence-electron chi connectivity index (χ4n) is 5.99. The van der Waals surface area contributed by atoms with E-state index in [0.29, 0.717) is 42.4 Å². The molecule has 4 N–H and O–H groups in total. The third-order valence-corrected chi connectivity index (χ3v) is 8.48. The number of alkyl carbamates (subject to hydrolysis) is 1. The first kappa shape index (κ1) is 34.9. The molecule has 1 fully saturated rings. The molecule has 1 aliphatic carbocycles. The van der Waals surface area contributed by atoms with Gasteiger partial charge in [-0.2, -0.15) is 5.21 Å². The van der Waals surface area contributed by atoms with Gasteiger partial charge in [-0.05, 0) is 93.0 Å². The minimum absolute atomic E-state index is 0.168. The fourth-order valence-corrected chi connectivity index (χ4v) is 5.99. The summed E-state index contributed by atoms with van der Waals surface area (Å²) in [6.45, 7) is 5.94. The van der Waals surface area contributed by atoms with Gasteiger partial charge in [0, 0.05) is 62.2 Å². The second kappa shape index (κ2) is 15.2. The molecule has 3 amide bonds. The molecule has 0 unspecified atom stereocenters. The maximum Gasteiger partial charge on any atom is 0.407 e. The van der Waals surface area contributed by atoms with E-state index >= 15 is 0 Å². The van der Waals surface area contributed by atoms with Gasteiger partial charge in [0.15, 0.2) is 0 Å². The summed E-state index contributed by atoms with van der Waals surface area (Å²) in [7, 11) is 3.75. The topological polar surface area (TPSA) is 185 Å². The average molecular weight is 669 g/mol. The first-order valence-corrected chi connectivity index (χ1v) is 16.4. The Morgan fingerprint density at radius 3 is 2.27 bits per heavy atom. The molecule has 4 aromatic rings. The molecule has 1 saturated carbocycles. The third kappa shape index (κ3) is 9.15. The van der Waals surface area contributed by atoms with E-state index in [2.05, 4.69) is 35.9 Å². The van der Waals surface area contributed by atoms with Gasteiger partial charge in [0.25, 0.3) is 0 Å². The van der Waals surface area contributed by atoms with Crippen molar-refractivity contribution in [2.75, 3.05) is 30.4 Å². The lowest BCUT2D eigenvalue weighted by atomic mass is 9.81. The number of hydrogen-bond donors (Lipinski definition) is 3. The predicted octanol–water partition coefficient (Wildman–Crippen LogP) is 4.15. The van der Waals surface area contributed by atoms with Crippen LogP contribution in [0.25, 0.3) is 22.5 Å². The second-order valence-electron chi connectivity index (χ2n) is 13.6. The van der Waals surface area contributed by atoms with Gasteiger partial charge in [-0.1, -0.05) is 24.3 Å². The van der Waals surface area contributed by atoms with Crippen molar-refractivity contribution >= 4 is 29.5 Å². The zero-order valence-electron chi connectivity index (χ0n) is 28.6. The number of amides is 3. The Hall–Kier alpha value is -5.40. The molecule has 0 bridgehead atoms. The molecular weight excluding hydrogens is 624 g/mol. The molecule has 2 aromatic carbocycles. The van der Waals surface area contributed by atoms with Crippen molar-refractivity contribution in [2.45, 2.75) is 64.5 Å². The quantitative estimate of drug-likeness (QED) is 0.210. The summed E-state index contributed by atoms with van der Waals surface area (Å²) < 4.78 is 5.37. The number of H-pyrrole nitrogens is 1. The molecule has 2 heterocycles. The molecule has 1 aliphatic rings. The molecule has 0 saturated heterocycles. The predicted molar refractivity (Wildman–Crippen MR) is 185 cm³/mol. The summed E-state index contributed by atoms with van der Waals surface area (Å²) in [6, 6.07) is 13.9. The first-order valence-electron chi connectivity index (χ1n) is 16.4. The zero-order chi connectivity index (χ0) is 35.1. The molecule has 0 spiro atoms. The minimum atomic E-state index is -0.960. The summed E-state index contributed by atoms with van der Waals surface area (Å²) in [6.07, 6.45) is 5.98. The SMILES string of the molecule is CN(C)c1ncc(-c2cccc(C[C@@H](C(N)=O)N(C(=O)C3CCC(CNC(=O)OC(C)(C)C)CC3)c3ccc(-c4nn[nH]n4)cc3)c2)cn1. The van der Waals surface area contributed by atoms with Crippen molar-refractivity contribution in [3.63, 3.8) is 0 Å². The van der Waals surface area contributed by atoms with Gasteiger partial charge in [0.05, 0.1) is 0 Å². The van der Waals surface area contributed by atoms with Crippen LogP contribution in [0.4, 0.5) is 16.4 Å². The Kier molecular flexibility index (Phi) is 10.8. The third-order valence-electron chi connectivity index (χ3n) is 8.48. The highest BCUT2D eigenvalue weighted by atomic mass is 16.6. The molecule has 1 atom stereocenters. The number of primary amides is 1. The number of nitrogens with zero attached hydrogens (tertiary/aromatic N) is 7. The Morgan fingerprint density at radius 2 is 1.67 bits per heavy atom. The van der Waals surface area contributed by atoms with E-state index in [1.54, 1.807) is 41.6 Å². The van der Waals surface area contributed by atoms with E-state index in [0.717, 1.165) is 29.5 Å². The number of nitrogens with two attached hydrogens (primary N) is 1. The molecule has 0 aliphatic heterocycles. The van der Waals surface area contributed by atoms with Crippen molar-refractivity contribution in [1.82, 2.24) is 35.9 Å². The van der Waals surface area contributed by atoms with Gasteiger partial charge in [-0.25, -0.2) is 14.8 Å². The number of aromatic nitrogens is 6. The Morgan fingerprint density at radius 1 is 0.980 bits per heavy atom. The lowest BCUT2D eigenvalue weighted by Crippen LogP contribution is -2.52. The summed E-state index contributed by atoms with van der Waals surface area (Å²) in [5.41, 5.74) is 9.28. The normalized spacial score (nSPS) is 16.8. The number of tetrazole rings is 1. The van der Waals surface area contributed by atoms with Crippen LogP contribution in [0.5, 0.6) is 0 Å². The Balaban J connectivity index is 1.37. The average Bonchev–Trinajstić information content (AvgIpc) is 3.62. The largest absolute Gasteiger partial charge is 0.444 e. The summed E-state index contributed by atoms with van der Waals surface area (Å²) in [4.78, 5) is 52.1. The van der Waals surface area contributed by atoms with Crippen LogP contribution in [0.15, 0.2) is 60.9 Å². The lowest BCUT2D eigenvalue weighted by molar-refractivity contribution is -0.127. The number of hydrogen-bond acceptors (Lipinski definition) is 10. The van der Waals surface area contributed by atoms with Crippen molar-refractivity contribution < 1.29 is 19.1 Å². The number of rotatable bonds is 11. The number of anilines is 2. The van der Waals surface area contributed by atoms with Crippen molar-refractivity contribution in [3.05, 3.63) is 66.5 Å². The van der Waals surface area contributed by atoms with Gasteiger partial charge in [-0.15, -0.1) is 10.2 Å². The minimum Gasteiger partial charge on any atom is -0.444 e. The van der Waals surface area contributed by atoms with E-state index in [4.69, 9.17) is 10.5 Å². The van der Waals surface area contributed by atoms with Gasteiger partial charge in [0.1, 0.15) is 11.6 Å².